The van der Waals surface area contributed by atoms with Crippen LogP contribution >= 0.6 is 0 Å². The number of benzene rings is 2. The maximum Gasteiger partial charge on any atom is 0.255 e. The number of rotatable bonds is 4. The first-order chi connectivity index (χ1) is 11.7. The van der Waals surface area contributed by atoms with Crippen molar-refractivity contribution in [1.82, 2.24) is 9.55 Å². The summed E-state index contributed by atoms with van der Waals surface area (Å²) in [4.78, 5) is 17.2. The van der Waals surface area contributed by atoms with Gasteiger partial charge in [0.25, 0.3) is 5.91 Å². The predicted octanol–water partition coefficient (Wildman–Crippen LogP) is 3.71. The average molecular weight is 321 g/mol. The van der Waals surface area contributed by atoms with Crippen molar-refractivity contribution in [1.29, 1.82) is 0 Å². The highest BCUT2D eigenvalue weighted by Gasteiger charge is 2.28. The van der Waals surface area contributed by atoms with Crippen molar-refractivity contribution >= 4 is 22.6 Å². The first-order valence-corrected chi connectivity index (χ1v) is 8.07. The van der Waals surface area contributed by atoms with E-state index >= 15 is 0 Å². The lowest BCUT2D eigenvalue weighted by molar-refractivity contribution is 0.102. The second-order valence-electron chi connectivity index (χ2n) is 6.19. The van der Waals surface area contributed by atoms with Crippen molar-refractivity contribution in [3.05, 3.63) is 53.9 Å². The fourth-order valence-electron chi connectivity index (χ4n) is 2.97. The molecule has 0 radical (unpaired) electrons. The van der Waals surface area contributed by atoms with E-state index in [-0.39, 0.29) is 5.91 Å². The number of fused-ring (bicyclic) bond motifs is 1. The van der Waals surface area contributed by atoms with Crippen LogP contribution in [0.4, 0.5) is 5.69 Å². The zero-order valence-electron chi connectivity index (χ0n) is 13.7. The van der Waals surface area contributed by atoms with Gasteiger partial charge in [0.1, 0.15) is 11.6 Å². The van der Waals surface area contributed by atoms with Crippen LogP contribution in [0.3, 0.4) is 0 Å². The Bertz CT molecular complexity index is 926. The molecule has 0 bridgehead atoms. The summed E-state index contributed by atoms with van der Waals surface area (Å²) in [6, 6.07) is 13.0. The summed E-state index contributed by atoms with van der Waals surface area (Å²) in [6.07, 6.45) is 2.42. The molecule has 5 nitrogen and oxygen atoms in total. The molecule has 0 aliphatic heterocycles. The van der Waals surface area contributed by atoms with E-state index in [1.54, 1.807) is 13.2 Å². The van der Waals surface area contributed by atoms with E-state index in [2.05, 4.69) is 9.88 Å². The van der Waals surface area contributed by atoms with Gasteiger partial charge in [-0.05, 0) is 43.2 Å². The summed E-state index contributed by atoms with van der Waals surface area (Å²) in [5.74, 6) is 2.26. The Morgan fingerprint density at radius 3 is 2.83 bits per heavy atom. The average Bonchev–Trinajstić information content (AvgIpc) is 3.39. The van der Waals surface area contributed by atoms with E-state index in [1.807, 2.05) is 43.4 Å². The largest absolute Gasteiger partial charge is 0.497 e. The Morgan fingerprint density at radius 1 is 1.25 bits per heavy atom. The van der Waals surface area contributed by atoms with E-state index in [0.29, 0.717) is 22.9 Å². The van der Waals surface area contributed by atoms with Crippen molar-refractivity contribution in [2.45, 2.75) is 18.8 Å². The van der Waals surface area contributed by atoms with Crippen molar-refractivity contribution in [3.63, 3.8) is 0 Å². The fourth-order valence-corrected chi connectivity index (χ4v) is 2.97. The van der Waals surface area contributed by atoms with E-state index in [4.69, 9.17) is 9.72 Å². The normalized spacial score (nSPS) is 13.9. The number of hydrogen-bond donors (Lipinski definition) is 1. The molecule has 5 heteroatoms. The molecule has 2 aromatic carbocycles. The van der Waals surface area contributed by atoms with Crippen molar-refractivity contribution in [2.75, 3.05) is 12.4 Å². The molecule has 1 aliphatic rings. The summed E-state index contributed by atoms with van der Waals surface area (Å²) >= 11 is 0. The molecule has 0 spiro atoms. The minimum Gasteiger partial charge on any atom is -0.497 e. The Balaban J connectivity index is 1.62. The van der Waals surface area contributed by atoms with Gasteiger partial charge in [-0.3, -0.25) is 4.79 Å². The van der Waals surface area contributed by atoms with Crippen LogP contribution in [0.15, 0.2) is 42.5 Å². The number of anilines is 1. The van der Waals surface area contributed by atoms with Gasteiger partial charge in [0.05, 0.1) is 18.1 Å². The number of nitrogens with one attached hydrogen (secondary N) is 1. The minimum absolute atomic E-state index is 0.149. The zero-order valence-corrected chi connectivity index (χ0v) is 13.7. The number of ether oxygens (including phenoxy) is 1. The third-order valence-corrected chi connectivity index (χ3v) is 4.45. The standard InChI is InChI=1S/C19H19N3O2/c1-22-17-9-8-13(10-16(17)21-18(22)12-6-7-12)19(23)20-14-4-3-5-15(11-14)24-2/h3-5,8-12H,6-7H2,1-2H3,(H,20,23). The Morgan fingerprint density at radius 2 is 2.08 bits per heavy atom. The van der Waals surface area contributed by atoms with Crippen LogP contribution in [0, 0.1) is 0 Å². The molecule has 1 amide bonds. The lowest BCUT2D eigenvalue weighted by atomic mass is 10.2. The third-order valence-electron chi connectivity index (χ3n) is 4.45. The van der Waals surface area contributed by atoms with Crippen LogP contribution in [-0.2, 0) is 7.05 Å². The fraction of sp³-hybridized carbons (Fsp3) is 0.263. The molecule has 4 rings (SSSR count). The summed E-state index contributed by atoms with van der Waals surface area (Å²) in [5, 5.41) is 2.90. The van der Waals surface area contributed by atoms with Crippen LogP contribution in [0.1, 0.15) is 34.9 Å². The first kappa shape index (κ1) is 14.8. The second-order valence-corrected chi connectivity index (χ2v) is 6.19. The summed E-state index contributed by atoms with van der Waals surface area (Å²) in [5.41, 5.74) is 3.25. The molecular weight excluding hydrogens is 302 g/mol. The van der Waals surface area contributed by atoms with Crippen LogP contribution in [0.5, 0.6) is 5.75 Å². The van der Waals surface area contributed by atoms with Gasteiger partial charge in [-0.2, -0.15) is 0 Å². The zero-order chi connectivity index (χ0) is 16.7. The summed E-state index contributed by atoms with van der Waals surface area (Å²) < 4.78 is 7.32. The molecule has 1 aromatic heterocycles. The highest BCUT2D eigenvalue weighted by atomic mass is 16.5. The van der Waals surface area contributed by atoms with Gasteiger partial charge in [-0.1, -0.05) is 6.07 Å². The topological polar surface area (TPSA) is 56.1 Å². The number of hydrogen-bond acceptors (Lipinski definition) is 3. The number of nitrogens with zero attached hydrogens (tertiary/aromatic N) is 2. The van der Waals surface area contributed by atoms with Crippen molar-refractivity contribution in [2.24, 2.45) is 7.05 Å². The number of imidazole rings is 1. The smallest absolute Gasteiger partial charge is 0.255 e. The molecule has 1 aliphatic carbocycles. The van der Waals surface area contributed by atoms with Gasteiger partial charge >= 0.3 is 0 Å². The van der Waals surface area contributed by atoms with E-state index in [1.165, 1.54) is 12.8 Å². The number of aromatic nitrogens is 2. The molecule has 3 aromatic rings. The van der Waals surface area contributed by atoms with Crippen LogP contribution in [0.2, 0.25) is 0 Å². The third kappa shape index (κ3) is 2.62. The van der Waals surface area contributed by atoms with Gasteiger partial charge in [0, 0.05) is 30.3 Å². The number of carbonyl (C=O) groups excluding carboxylic acids is 1. The van der Waals surface area contributed by atoms with Gasteiger partial charge in [-0.25, -0.2) is 4.98 Å². The second kappa shape index (κ2) is 5.67. The van der Waals surface area contributed by atoms with E-state index in [9.17, 15) is 4.79 Å². The molecule has 122 valence electrons. The lowest BCUT2D eigenvalue weighted by Gasteiger charge is -2.07. The molecule has 0 atom stereocenters. The number of carbonyl (C=O) groups is 1. The SMILES string of the molecule is COc1cccc(NC(=O)c2ccc3c(c2)nc(C2CC2)n3C)c1. The molecule has 1 fully saturated rings. The maximum absolute atomic E-state index is 12.5. The maximum atomic E-state index is 12.5. The van der Waals surface area contributed by atoms with Crippen LogP contribution in [-0.4, -0.2) is 22.6 Å². The lowest BCUT2D eigenvalue weighted by Crippen LogP contribution is -2.11. The monoisotopic (exact) mass is 321 g/mol. The highest BCUT2D eigenvalue weighted by molar-refractivity contribution is 6.06. The van der Waals surface area contributed by atoms with Crippen LogP contribution < -0.4 is 10.1 Å². The molecule has 1 saturated carbocycles. The van der Waals surface area contributed by atoms with Gasteiger partial charge in [0.2, 0.25) is 0 Å². The van der Waals surface area contributed by atoms with Gasteiger partial charge in [-0.15, -0.1) is 0 Å². The van der Waals surface area contributed by atoms with E-state index < -0.39 is 0 Å². The predicted molar refractivity (Wildman–Crippen MR) is 93.6 cm³/mol. The van der Waals surface area contributed by atoms with Crippen molar-refractivity contribution < 1.29 is 9.53 Å². The molecule has 0 unspecified atom stereocenters. The first-order valence-electron chi connectivity index (χ1n) is 8.07. The Hall–Kier alpha value is -2.82. The number of methoxy groups -OCH3 is 1. The number of aryl methyl sites for hydroxylation is 1. The van der Waals surface area contributed by atoms with Crippen LogP contribution in [0.25, 0.3) is 11.0 Å². The van der Waals surface area contributed by atoms with Gasteiger partial charge < -0.3 is 14.6 Å². The Labute approximate surface area is 140 Å². The summed E-state index contributed by atoms with van der Waals surface area (Å²) in [7, 11) is 3.65. The molecular formula is C19H19N3O2. The van der Waals surface area contributed by atoms with Crippen molar-refractivity contribution in [3.8, 4) is 5.75 Å². The number of amides is 1. The molecule has 0 saturated heterocycles. The van der Waals surface area contributed by atoms with E-state index in [0.717, 1.165) is 16.9 Å². The van der Waals surface area contributed by atoms with Gasteiger partial charge in [0.15, 0.2) is 0 Å². The molecule has 1 heterocycles. The quantitative estimate of drug-likeness (QED) is 0.797. The minimum atomic E-state index is -0.149. The highest BCUT2D eigenvalue weighted by Crippen LogP contribution is 2.40. The molecule has 24 heavy (non-hydrogen) atoms. The molecule has 1 N–H and O–H groups in total. The summed E-state index contributed by atoms with van der Waals surface area (Å²) in [6.45, 7) is 0. The Kier molecular flexibility index (Phi) is 3.49.